The number of hydrogen-bond acceptors (Lipinski definition) is 3. The molecule has 0 aliphatic heterocycles. The Kier molecular flexibility index (Phi) is 3.56. The topological polar surface area (TPSA) is 54.9 Å². The van der Waals surface area contributed by atoms with Crippen LogP contribution in [0.5, 0.6) is 0 Å². The van der Waals surface area contributed by atoms with Crippen LogP contribution in [0.25, 0.3) is 0 Å². The van der Waals surface area contributed by atoms with Gasteiger partial charge in [0.15, 0.2) is 0 Å². The molecule has 6 heteroatoms. The van der Waals surface area contributed by atoms with Crippen molar-refractivity contribution in [1.82, 2.24) is 9.97 Å². The van der Waals surface area contributed by atoms with Gasteiger partial charge < -0.3 is 5.32 Å². The number of pyridine rings is 2. The van der Waals surface area contributed by atoms with E-state index in [0.717, 1.165) is 0 Å². The van der Waals surface area contributed by atoms with E-state index >= 15 is 0 Å². The smallest absolute Gasteiger partial charge is 0.274 e. The quantitative estimate of drug-likeness (QED) is 0.910. The van der Waals surface area contributed by atoms with Crippen LogP contribution in [0, 0.1) is 0 Å². The third-order valence-electron chi connectivity index (χ3n) is 1.98. The molecule has 2 aromatic heterocycles. The first kappa shape index (κ1) is 11.8. The number of anilines is 1. The average Bonchev–Trinajstić information content (AvgIpc) is 2.34. The zero-order valence-electron chi connectivity index (χ0n) is 8.52. The number of amides is 1. The fourth-order valence-corrected chi connectivity index (χ4v) is 1.42. The molecule has 0 unspecified atom stereocenters. The summed E-state index contributed by atoms with van der Waals surface area (Å²) in [5.41, 5.74) is 0.842. The second-order valence-electron chi connectivity index (χ2n) is 3.17. The molecule has 0 saturated carbocycles. The minimum atomic E-state index is -0.352. The van der Waals surface area contributed by atoms with Gasteiger partial charge in [-0.1, -0.05) is 23.2 Å². The van der Waals surface area contributed by atoms with Crippen LogP contribution in [0.2, 0.25) is 10.0 Å². The summed E-state index contributed by atoms with van der Waals surface area (Å²) in [6, 6.07) is 4.77. The molecule has 1 amide bonds. The zero-order valence-corrected chi connectivity index (χ0v) is 10.0. The molecule has 0 aromatic carbocycles. The van der Waals surface area contributed by atoms with Crippen LogP contribution >= 0.6 is 23.2 Å². The van der Waals surface area contributed by atoms with Crippen LogP contribution in [-0.4, -0.2) is 15.9 Å². The van der Waals surface area contributed by atoms with Gasteiger partial charge in [-0.05, 0) is 18.2 Å². The van der Waals surface area contributed by atoms with Crippen LogP contribution in [0.3, 0.4) is 0 Å². The first-order chi connectivity index (χ1) is 8.16. The normalized spacial score (nSPS) is 10.0. The predicted octanol–water partition coefficient (Wildman–Crippen LogP) is 3.04. The van der Waals surface area contributed by atoms with E-state index in [1.54, 1.807) is 24.5 Å². The molecule has 0 atom stereocenters. The maximum Gasteiger partial charge on any atom is 0.274 e. The fraction of sp³-hybridized carbons (Fsp3) is 0. The van der Waals surface area contributed by atoms with Gasteiger partial charge in [0.1, 0.15) is 5.69 Å². The van der Waals surface area contributed by atoms with Crippen molar-refractivity contribution in [1.29, 1.82) is 0 Å². The molecule has 2 aromatic rings. The number of hydrogen-bond donors (Lipinski definition) is 1. The Hall–Kier alpha value is -1.65. The molecule has 2 rings (SSSR count). The molecule has 0 radical (unpaired) electrons. The first-order valence-corrected chi connectivity index (χ1v) is 5.45. The van der Waals surface area contributed by atoms with Crippen LogP contribution in [0.4, 0.5) is 5.69 Å². The number of halogens is 2. The zero-order chi connectivity index (χ0) is 12.3. The van der Waals surface area contributed by atoms with E-state index in [4.69, 9.17) is 23.2 Å². The lowest BCUT2D eigenvalue weighted by molar-refractivity contribution is 0.102. The van der Waals surface area contributed by atoms with E-state index < -0.39 is 0 Å². The Morgan fingerprint density at radius 1 is 1.18 bits per heavy atom. The Morgan fingerprint density at radius 2 is 1.88 bits per heavy atom. The molecule has 4 nitrogen and oxygen atoms in total. The van der Waals surface area contributed by atoms with E-state index in [9.17, 15) is 4.79 Å². The van der Waals surface area contributed by atoms with Gasteiger partial charge in [-0.15, -0.1) is 0 Å². The highest BCUT2D eigenvalue weighted by atomic mass is 35.5. The van der Waals surface area contributed by atoms with Gasteiger partial charge in [-0.25, -0.2) is 4.98 Å². The number of carbonyl (C=O) groups is 1. The molecule has 0 fully saturated rings. The van der Waals surface area contributed by atoms with E-state index in [0.29, 0.717) is 15.7 Å². The van der Waals surface area contributed by atoms with Crippen molar-refractivity contribution in [3.63, 3.8) is 0 Å². The van der Waals surface area contributed by atoms with Gasteiger partial charge in [0, 0.05) is 24.3 Å². The summed E-state index contributed by atoms with van der Waals surface area (Å²) in [5.74, 6) is -0.352. The van der Waals surface area contributed by atoms with Crippen LogP contribution in [0.15, 0.2) is 36.8 Å². The van der Waals surface area contributed by atoms with Gasteiger partial charge in [0.05, 0.1) is 10.0 Å². The summed E-state index contributed by atoms with van der Waals surface area (Å²) in [6.07, 6.45) is 4.50. The summed E-state index contributed by atoms with van der Waals surface area (Å²) in [4.78, 5) is 19.5. The minimum Gasteiger partial charge on any atom is -0.321 e. The summed E-state index contributed by atoms with van der Waals surface area (Å²) in [5, 5.41) is 3.27. The van der Waals surface area contributed by atoms with Gasteiger partial charge >= 0.3 is 0 Å². The Morgan fingerprint density at radius 3 is 2.53 bits per heavy atom. The van der Waals surface area contributed by atoms with Gasteiger partial charge in [-0.3, -0.25) is 9.78 Å². The number of rotatable bonds is 2. The predicted molar refractivity (Wildman–Crippen MR) is 66.4 cm³/mol. The summed E-state index contributed by atoms with van der Waals surface area (Å²) in [6.45, 7) is 0. The van der Waals surface area contributed by atoms with Crippen molar-refractivity contribution in [2.45, 2.75) is 0 Å². The molecule has 0 aliphatic rings. The second-order valence-corrected chi connectivity index (χ2v) is 3.99. The Balaban J connectivity index is 2.18. The molecule has 0 saturated heterocycles. The monoisotopic (exact) mass is 267 g/mol. The maximum atomic E-state index is 11.8. The van der Waals surface area contributed by atoms with Crippen molar-refractivity contribution in [3.05, 3.63) is 52.5 Å². The SMILES string of the molecule is O=C(Nc1ccncc1)c1cc(Cl)c(Cl)cn1. The van der Waals surface area contributed by atoms with Crippen molar-refractivity contribution in [2.75, 3.05) is 5.32 Å². The highest BCUT2D eigenvalue weighted by molar-refractivity contribution is 6.42. The van der Waals surface area contributed by atoms with Gasteiger partial charge in [0.2, 0.25) is 0 Å². The van der Waals surface area contributed by atoms with Crippen LogP contribution in [-0.2, 0) is 0 Å². The number of nitrogens with one attached hydrogen (secondary N) is 1. The lowest BCUT2D eigenvalue weighted by Gasteiger charge is -2.04. The third-order valence-corrected chi connectivity index (χ3v) is 2.69. The number of nitrogens with zero attached hydrogens (tertiary/aromatic N) is 2. The molecular weight excluding hydrogens is 261 g/mol. The third kappa shape index (κ3) is 2.93. The molecule has 1 N–H and O–H groups in total. The molecule has 2 heterocycles. The van der Waals surface area contributed by atoms with Crippen molar-refractivity contribution >= 4 is 34.8 Å². The highest BCUT2D eigenvalue weighted by Crippen LogP contribution is 2.21. The van der Waals surface area contributed by atoms with Crippen molar-refractivity contribution in [3.8, 4) is 0 Å². The Bertz CT molecular complexity index is 546. The standard InChI is InChI=1S/C11H7Cl2N3O/c12-8-5-10(15-6-9(8)13)11(17)16-7-1-3-14-4-2-7/h1-6H,(H,14,16,17). The first-order valence-electron chi connectivity index (χ1n) is 4.69. The number of carbonyl (C=O) groups excluding carboxylic acids is 1. The van der Waals surface area contributed by atoms with Crippen LogP contribution in [0.1, 0.15) is 10.5 Å². The van der Waals surface area contributed by atoms with E-state index in [1.807, 2.05) is 0 Å². The summed E-state index contributed by atoms with van der Waals surface area (Å²) >= 11 is 11.5. The fourth-order valence-electron chi connectivity index (χ4n) is 1.17. The lowest BCUT2D eigenvalue weighted by atomic mass is 10.3. The summed E-state index contributed by atoms with van der Waals surface area (Å²) < 4.78 is 0. The molecule has 0 aliphatic carbocycles. The maximum absolute atomic E-state index is 11.8. The minimum absolute atomic E-state index is 0.205. The molecule has 17 heavy (non-hydrogen) atoms. The van der Waals surface area contributed by atoms with Gasteiger partial charge in [-0.2, -0.15) is 0 Å². The molecule has 0 bridgehead atoms. The van der Waals surface area contributed by atoms with E-state index in [-0.39, 0.29) is 11.6 Å². The van der Waals surface area contributed by atoms with E-state index in [1.165, 1.54) is 12.3 Å². The number of aromatic nitrogens is 2. The average molecular weight is 268 g/mol. The summed E-state index contributed by atoms with van der Waals surface area (Å²) in [7, 11) is 0. The largest absolute Gasteiger partial charge is 0.321 e. The Labute approximate surface area is 108 Å². The van der Waals surface area contributed by atoms with Crippen molar-refractivity contribution < 1.29 is 4.79 Å². The molecular formula is C11H7Cl2N3O. The van der Waals surface area contributed by atoms with Gasteiger partial charge in [0.25, 0.3) is 5.91 Å². The van der Waals surface area contributed by atoms with E-state index in [2.05, 4.69) is 15.3 Å². The second kappa shape index (κ2) is 5.12. The molecule has 0 spiro atoms. The lowest BCUT2D eigenvalue weighted by Crippen LogP contribution is -2.13. The molecule has 86 valence electrons. The van der Waals surface area contributed by atoms with Crippen molar-refractivity contribution in [2.24, 2.45) is 0 Å². The van der Waals surface area contributed by atoms with Crippen LogP contribution < -0.4 is 5.32 Å². The highest BCUT2D eigenvalue weighted by Gasteiger charge is 2.09.